The summed E-state index contributed by atoms with van der Waals surface area (Å²) in [7, 11) is 0. The second-order valence-electron chi connectivity index (χ2n) is 4.83. The van der Waals surface area contributed by atoms with Gasteiger partial charge in [0.1, 0.15) is 5.56 Å². The van der Waals surface area contributed by atoms with Crippen molar-refractivity contribution in [2.45, 2.75) is 32.6 Å². The molecule has 1 aromatic rings. The van der Waals surface area contributed by atoms with E-state index in [1.807, 2.05) is 6.92 Å². The lowest BCUT2D eigenvalue weighted by molar-refractivity contribution is 0.0952. The zero-order valence-corrected chi connectivity index (χ0v) is 12.6. The molecule has 0 bridgehead atoms. The van der Waals surface area contributed by atoms with Crippen LogP contribution in [0.5, 0.6) is 0 Å². The van der Waals surface area contributed by atoms with Crippen LogP contribution in [-0.4, -0.2) is 30.5 Å². The number of H-pyrrole nitrogens is 1. The predicted octanol–water partition coefficient (Wildman–Crippen LogP) is 1.01. The number of aromatic nitrogens is 1. The molecule has 0 atom stereocenters. The normalized spacial score (nSPS) is 13.2. The second-order valence-corrected chi connectivity index (χ2v) is 4.83. The number of rotatable bonds is 5. The van der Waals surface area contributed by atoms with E-state index in [-0.39, 0.29) is 29.4 Å². The van der Waals surface area contributed by atoms with Crippen molar-refractivity contribution in [3.8, 4) is 0 Å². The van der Waals surface area contributed by atoms with Crippen LogP contribution in [0.1, 0.15) is 41.4 Å². The van der Waals surface area contributed by atoms with E-state index in [1.54, 1.807) is 6.07 Å². The molecule has 0 unspecified atom stereocenters. The molecule has 3 N–H and O–H groups in total. The van der Waals surface area contributed by atoms with Crippen molar-refractivity contribution in [2.24, 2.45) is 0 Å². The molecule has 112 valence electrons. The summed E-state index contributed by atoms with van der Waals surface area (Å²) < 4.78 is 0. The summed E-state index contributed by atoms with van der Waals surface area (Å²) in [4.78, 5) is 26.7. The zero-order valence-electron chi connectivity index (χ0n) is 11.8. The van der Waals surface area contributed by atoms with Crippen LogP contribution in [-0.2, 0) is 12.8 Å². The third-order valence-electron chi connectivity index (χ3n) is 3.42. The number of halogens is 1. The predicted molar refractivity (Wildman–Crippen MR) is 81.8 cm³/mol. The molecule has 1 aromatic heterocycles. The highest BCUT2D eigenvalue weighted by Gasteiger charge is 2.16. The molecule has 1 aliphatic carbocycles. The van der Waals surface area contributed by atoms with Gasteiger partial charge in [-0.1, -0.05) is 6.92 Å². The Bertz CT molecular complexity index is 514. The summed E-state index contributed by atoms with van der Waals surface area (Å²) in [5.41, 5.74) is 2.07. The first-order valence-corrected chi connectivity index (χ1v) is 6.96. The molecule has 0 saturated heterocycles. The molecular formula is C14H22ClN3O2. The fourth-order valence-corrected chi connectivity index (χ4v) is 2.38. The van der Waals surface area contributed by atoms with E-state index in [4.69, 9.17) is 0 Å². The van der Waals surface area contributed by atoms with Crippen LogP contribution in [0.3, 0.4) is 0 Å². The van der Waals surface area contributed by atoms with Gasteiger partial charge in [0.25, 0.3) is 11.5 Å². The van der Waals surface area contributed by atoms with Crippen molar-refractivity contribution in [1.82, 2.24) is 15.6 Å². The minimum Gasteiger partial charge on any atom is -0.351 e. The highest BCUT2D eigenvalue weighted by atomic mass is 35.5. The summed E-state index contributed by atoms with van der Waals surface area (Å²) in [5.74, 6) is -0.285. The molecule has 5 nitrogen and oxygen atoms in total. The van der Waals surface area contributed by atoms with Gasteiger partial charge < -0.3 is 15.6 Å². The zero-order chi connectivity index (χ0) is 13.7. The van der Waals surface area contributed by atoms with Crippen LogP contribution in [0.15, 0.2) is 10.9 Å². The van der Waals surface area contributed by atoms with E-state index in [0.29, 0.717) is 13.1 Å². The molecule has 0 radical (unpaired) electrons. The molecule has 6 heteroatoms. The quantitative estimate of drug-likeness (QED) is 0.711. The van der Waals surface area contributed by atoms with Gasteiger partial charge in [-0.3, -0.25) is 9.59 Å². The van der Waals surface area contributed by atoms with E-state index in [9.17, 15) is 9.59 Å². The van der Waals surface area contributed by atoms with Gasteiger partial charge in [-0.2, -0.15) is 0 Å². The maximum atomic E-state index is 12.0. The standard InChI is InChI=1S/C14H21N3O2.ClH/c1-2-15-7-8-16-13(18)11-9-10-5-3-4-6-12(10)17-14(11)19;/h9,15H,2-8H2,1H3,(H,16,18)(H,17,19);1H. The van der Waals surface area contributed by atoms with Crippen LogP contribution < -0.4 is 16.2 Å². The van der Waals surface area contributed by atoms with Gasteiger partial charge in [0.15, 0.2) is 0 Å². The number of amides is 1. The van der Waals surface area contributed by atoms with E-state index >= 15 is 0 Å². The van der Waals surface area contributed by atoms with Gasteiger partial charge in [-0.25, -0.2) is 0 Å². The number of hydrogen-bond acceptors (Lipinski definition) is 3. The molecule has 0 saturated carbocycles. The highest BCUT2D eigenvalue weighted by molar-refractivity contribution is 5.94. The number of aromatic amines is 1. The van der Waals surface area contributed by atoms with Crippen LogP contribution in [0.2, 0.25) is 0 Å². The minimum absolute atomic E-state index is 0. The Balaban J connectivity index is 0.00000200. The summed E-state index contributed by atoms with van der Waals surface area (Å²) in [6.45, 7) is 4.12. The molecule has 1 aliphatic rings. The fraction of sp³-hybridized carbons (Fsp3) is 0.571. The van der Waals surface area contributed by atoms with Crippen LogP contribution in [0.25, 0.3) is 0 Å². The average Bonchev–Trinajstić information content (AvgIpc) is 2.42. The number of fused-ring (bicyclic) bond motifs is 1. The lowest BCUT2D eigenvalue weighted by atomic mass is 9.95. The monoisotopic (exact) mass is 299 g/mol. The van der Waals surface area contributed by atoms with Gasteiger partial charge in [0.05, 0.1) is 0 Å². The van der Waals surface area contributed by atoms with Gasteiger partial charge in [-0.15, -0.1) is 12.4 Å². The van der Waals surface area contributed by atoms with Gasteiger partial charge in [0.2, 0.25) is 0 Å². The Kier molecular flexibility index (Phi) is 6.75. The summed E-state index contributed by atoms with van der Waals surface area (Å²) in [5, 5.41) is 5.88. The highest BCUT2D eigenvalue weighted by Crippen LogP contribution is 2.18. The molecule has 0 aliphatic heterocycles. The maximum absolute atomic E-state index is 12.0. The van der Waals surface area contributed by atoms with E-state index in [0.717, 1.165) is 43.5 Å². The van der Waals surface area contributed by atoms with Crippen molar-refractivity contribution < 1.29 is 4.79 Å². The number of carbonyl (C=O) groups is 1. The first-order valence-electron chi connectivity index (χ1n) is 6.96. The number of pyridine rings is 1. The Morgan fingerprint density at radius 3 is 2.80 bits per heavy atom. The summed E-state index contributed by atoms with van der Waals surface area (Å²) in [6.07, 6.45) is 4.09. The smallest absolute Gasteiger partial charge is 0.261 e. The molecule has 0 fully saturated rings. The van der Waals surface area contributed by atoms with Gasteiger partial charge in [0, 0.05) is 18.8 Å². The number of carbonyl (C=O) groups excluding carboxylic acids is 1. The average molecular weight is 300 g/mol. The fourth-order valence-electron chi connectivity index (χ4n) is 2.38. The van der Waals surface area contributed by atoms with Crippen molar-refractivity contribution in [2.75, 3.05) is 19.6 Å². The van der Waals surface area contributed by atoms with Crippen LogP contribution in [0, 0.1) is 0 Å². The van der Waals surface area contributed by atoms with Crippen molar-refractivity contribution in [3.63, 3.8) is 0 Å². The second kappa shape index (κ2) is 8.07. The first kappa shape index (κ1) is 16.7. The molecular weight excluding hydrogens is 278 g/mol. The molecule has 0 aromatic carbocycles. The Labute approximate surface area is 125 Å². The van der Waals surface area contributed by atoms with E-state index in [2.05, 4.69) is 15.6 Å². The van der Waals surface area contributed by atoms with Gasteiger partial charge >= 0.3 is 0 Å². The van der Waals surface area contributed by atoms with Crippen LogP contribution in [0.4, 0.5) is 0 Å². The van der Waals surface area contributed by atoms with Crippen molar-refractivity contribution >= 4 is 18.3 Å². The number of nitrogens with one attached hydrogen (secondary N) is 3. The number of hydrogen-bond donors (Lipinski definition) is 3. The minimum atomic E-state index is -0.285. The molecule has 20 heavy (non-hydrogen) atoms. The van der Waals surface area contributed by atoms with Crippen molar-refractivity contribution in [1.29, 1.82) is 0 Å². The van der Waals surface area contributed by atoms with E-state index in [1.165, 1.54) is 0 Å². The number of likely N-dealkylation sites (N-methyl/N-ethyl adjacent to an activating group) is 1. The lowest BCUT2D eigenvalue weighted by Gasteiger charge is -2.15. The van der Waals surface area contributed by atoms with E-state index < -0.39 is 0 Å². The van der Waals surface area contributed by atoms with Gasteiger partial charge in [-0.05, 0) is 43.9 Å². The topological polar surface area (TPSA) is 74.0 Å². The van der Waals surface area contributed by atoms with Crippen molar-refractivity contribution in [3.05, 3.63) is 33.2 Å². The lowest BCUT2D eigenvalue weighted by Crippen LogP contribution is -2.35. The first-order chi connectivity index (χ1) is 9.22. The third kappa shape index (κ3) is 4.08. The molecule has 1 amide bonds. The molecule has 0 spiro atoms. The summed E-state index contributed by atoms with van der Waals surface area (Å²) in [6, 6.07) is 1.76. The molecule has 1 heterocycles. The van der Waals surface area contributed by atoms with Crippen LogP contribution >= 0.6 is 12.4 Å². The Morgan fingerprint density at radius 1 is 1.30 bits per heavy atom. The summed E-state index contributed by atoms with van der Waals surface area (Å²) >= 11 is 0. The molecule has 2 rings (SSSR count). The SMILES string of the molecule is CCNCCNC(=O)c1cc2c([nH]c1=O)CCCC2.Cl. The Hall–Kier alpha value is -1.33. The number of aryl methyl sites for hydroxylation is 2. The maximum Gasteiger partial charge on any atom is 0.261 e. The Morgan fingerprint density at radius 2 is 2.05 bits per heavy atom. The third-order valence-corrected chi connectivity index (χ3v) is 3.42. The largest absolute Gasteiger partial charge is 0.351 e.